The van der Waals surface area contributed by atoms with E-state index >= 15 is 0 Å². The highest BCUT2D eigenvalue weighted by atomic mass is 35.5. The van der Waals surface area contributed by atoms with Gasteiger partial charge in [-0.15, -0.1) is 12.4 Å². The normalized spacial score (nSPS) is 42.8. The second kappa shape index (κ2) is 3.74. The van der Waals surface area contributed by atoms with Crippen LogP contribution in [-0.4, -0.2) is 24.3 Å². The molecule has 0 amide bonds. The zero-order chi connectivity index (χ0) is 6.97. The number of aliphatic hydroxyl groups excluding tert-OH is 1. The van der Waals surface area contributed by atoms with E-state index in [1.54, 1.807) is 0 Å². The average Bonchev–Trinajstić information content (AvgIpc) is 2.33. The lowest BCUT2D eigenvalue weighted by Crippen LogP contribution is -2.26. The molecule has 1 saturated heterocycles. The Bertz CT molecular complexity index is 131. The smallest absolute Gasteiger partial charge is 0.0543 e. The molecule has 1 aliphatic heterocycles. The fraction of sp³-hybridized carbons (Fsp3) is 1.00. The van der Waals surface area contributed by atoms with Gasteiger partial charge in [-0.1, -0.05) is 0 Å². The second-order valence-corrected chi connectivity index (χ2v) is 3.65. The first-order chi connectivity index (χ1) is 4.86. The van der Waals surface area contributed by atoms with Gasteiger partial charge in [-0.3, -0.25) is 0 Å². The fourth-order valence-electron chi connectivity index (χ4n) is 2.27. The number of aliphatic hydroxyl groups is 1. The molecule has 0 spiro atoms. The van der Waals surface area contributed by atoms with Crippen molar-refractivity contribution in [1.82, 2.24) is 5.32 Å². The first-order valence-corrected chi connectivity index (χ1v) is 4.25. The van der Waals surface area contributed by atoms with Gasteiger partial charge >= 0.3 is 0 Å². The zero-order valence-electron chi connectivity index (χ0n) is 6.62. The number of halogens is 1. The molecule has 3 atom stereocenters. The molecular formula is C8H16ClNO. The van der Waals surface area contributed by atoms with Crippen LogP contribution in [-0.2, 0) is 0 Å². The summed E-state index contributed by atoms with van der Waals surface area (Å²) < 4.78 is 0. The van der Waals surface area contributed by atoms with Gasteiger partial charge in [0.25, 0.3) is 0 Å². The van der Waals surface area contributed by atoms with Gasteiger partial charge in [0.2, 0.25) is 0 Å². The van der Waals surface area contributed by atoms with Crippen LogP contribution in [0.2, 0.25) is 0 Å². The molecule has 0 aromatic carbocycles. The summed E-state index contributed by atoms with van der Waals surface area (Å²) in [4.78, 5) is 0. The third kappa shape index (κ3) is 1.86. The predicted octanol–water partition coefficient (Wildman–Crippen LogP) is 0.789. The van der Waals surface area contributed by atoms with Crippen LogP contribution in [0.1, 0.15) is 19.3 Å². The van der Waals surface area contributed by atoms with E-state index in [1.165, 1.54) is 13.0 Å². The lowest BCUT2D eigenvalue weighted by atomic mass is 9.80. The summed E-state index contributed by atoms with van der Waals surface area (Å²) in [5.74, 6) is 1.66. The molecule has 2 N–H and O–H groups in total. The minimum Gasteiger partial charge on any atom is -0.393 e. The minimum absolute atomic E-state index is 0. The van der Waals surface area contributed by atoms with E-state index < -0.39 is 0 Å². The maximum absolute atomic E-state index is 9.33. The van der Waals surface area contributed by atoms with Gasteiger partial charge in [-0.05, 0) is 44.2 Å². The first-order valence-electron chi connectivity index (χ1n) is 4.25. The van der Waals surface area contributed by atoms with Crippen molar-refractivity contribution in [2.75, 3.05) is 13.1 Å². The molecule has 1 heterocycles. The SMILES string of the molecule is Cl.OC1CC[C@@H]2CNC[C@@H]2C1. The first kappa shape index (κ1) is 9.30. The summed E-state index contributed by atoms with van der Waals surface area (Å²) >= 11 is 0. The summed E-state index contributed by atoms with van der Waals surface area (Å²) in [7, 11) is 0. The van der Waals surface area contributed by atoms with Gasteiger partial charge in [0, 0.05) is 0 Å². The Morgan fingerprint density at radius 3 is 2.64 bits per heavy atom. The molecule has 0 aromatic rings. The predicted molar refractivity (Wildman–Crippen MR) is 47.0 cm³/mol. The van der Waals surface area contributed by atoms with Crippen LogP contribution in [0.4, 0.5) is 0 Å². The molecule has 2 aliphatic rings. The third-order valence-corrected chi connectivity index (χ3v) is 2.93. The van der Waals surface area contributed by atoms with E-state index in [0.29, 0.717) is 0 Å². The van der Waals surface area contributed by atoms with Crippen molar-refractivity contribution in [1.29, 1.82) is 0 Å². The minimum atomic E-state index is 0. The van der Waals surface area contributed by atoms with Crippen LogP contribution in [0.5, 0.6) is 0 Å². The Morgan fingerprint density at radius 2 is 1.82 bits per heavy atom. The van der Waals surface area contributed by atoms with Crippen molar-refractivity contribution in [2.45, 2.75) is 25.4 Å². The van der Waals surface area contributed by atoms with E-state index in [2.05, 4.69) is 5.32 Å². The molecule has 3 heteroatoms. The van der Waals surface area contributed by atoms with Gasteiger partial charge in [0.15, 0.2) is 0 Å². The van der Waals surface area contributed by atoms with Gasteiger partial charge in [-0.2, -0.15) is 0 Å². The van der Waals surface area contributed by atoms with Crippen molar-refractivity contribution < 1.29 is 5.11 Å². The van der Waals surface area contributed by atoms with Gasteiger partial charge in [0.05, 0.1) is 6.10 Å². The topological polar surface area (TPSA) is 32.3 Å². The largest absolute Gasteiger partial charge is 0.393 e. The van der Waals surface area contributed by atoms with Crippen LogP contribution in [0.15, 0.2) is 0 Å². The van der Waals surface area contributed by atoms with Gasteiger partial charge in [0.1, 0.15) is 0 Å². The molecule has 2 fully saturated rings. The van der Waals surface area contributed by atoms with E-state index in [-0.39, 0.29) is 18.5 Å². The number of nitrogens with one attached hydrogen (secondary N) is 1. The quantitative estimate of drug-likeness (QED) is 0.574. The Morgan fingerprint density at radius 1 is 1.09 bits per heavy atom. The standard InChI is InChI=1S/C8H15NO.ClH/c10-8-2-1-6-4-9-5-7(6)3-8;/h6-10H,1-5H2;1H/t6-,7+,8?;/m1./s1. The molecule has 2 rings (SSSR count). The van der Waals surface area contributed by atoms with Crippen LogP contribution >= 0.6 is 12.4 Å². The fourth-order valence-corrected chi connectivity index (χ4v) is 2.27. The molecule has 0 aromatic heterocycles. The van der Waals surface area contributed by atoms with Gasteiger partial charge in [-0.25, -0.2) is 0 Å². The molecule has 0 radical (unpaired) electrons. The van der Waals surface area contributed by atoms with Crippen LogP contribution in [0.3, 0.4) is 0 Å². The van der Waals surface area contributed by atoms with Crippen molar-refractivity contribution in [2.24, 2.45) is 11.8 Å². The van der Waals surface area contributed by atoms with E-state index in [4.69, 9.17) is 0 Å². The summed E-state index contributed by atoms with van der Waals surface area (Å²) in [5, 5.41) is 12.7. The van der Waals surface area contributed by atoms with E-state index in [0.717, 1.165) is 31.2 Å². The number of hydrogen-bond acceptors (Lipinski definition) is 2. The highest BCUT2D eigenvalue weighted by molar-refractivity contribution is 5.85. The second-order valence-electron chi connectivity index (χ2n) is 3.65. The molecule has 1 unspecified atom stereocenters. The molecule has 1 saturated carbocycles. The van der Waals surface area contributed by atoms with Crippen molar-refractivity contribution in [3.63, 3.8) is 0 Å². The maximum atomic E-state index is 9.33. The van der Waals surface area contributed by atoms with Crippen LogP contribution in [0.25, 0.3) is 0 Å². The summed E-state index contributed by atoms with van der Waals surface area (Å²) in [6.45, 7) is 2.33. The average molecular weight is 178 g/mol. The number of rotatable bonds is 0. The Kier molecular flexibility index (Phi) is 3.16. The Labute approximate surface area is 73.8 Å². The van der Waals surface area contributed by atoms with Gasteiger partial charge < -0.3 is 10.4 Å². The third-order valence-electron chi connectivity index (χ3n) is 2.93. The molecule has 11 heavy (non-hydrogen) atoms. The molecule has 66 valence electrons. The highest BCUT2D eigenvalue weighted by Crippen LogP contribution is 2.32. The summed E-state index contributed by atoms with van der Waals surface area (Å²) in [6.07, 6.45) is 3.31. The molecule has 0 bridgehead atoms. The van der Waals surface area contributed by atoms with Crippen molar-refractivity contribution in [3.05, 3.63) is 0 Å². The molecule has 1 aliphatic carbocycles. The van der Waals surface area contributed by atoms with Crippen molar-refractivity contribution >= 4 is 12.4 Å². The maximum Gasteiger partial charge on any atom is 0.0543 e. The number of hydrogen-bond donors (Lipinski definition) is 2. The lowest BCUT2D eigenvalue weighted by molar-refractivity contribution is 0.0867. The molecule has 2 nitrogen and oxygen atoms in total. The zero-order valence-corrected chi connectivity index (χ0v) is 7.44. The monoisotopic (exact) mass is 177 g/mol. The summed E-state index contributed by atoms with van der Waals surface area (Å²) in [5.41, 5.74) is 0. The molecular weight excluding hydrogens is 162 g/mol. The highest BCUT2D eigenvalue weighted by Gasteiger charge is 2.32. The Hall–Kier alpha value is 0.210. The summed E-state index contributed by atoms with van der Waals surface area (Å²) in [6, 6.07) is 0. The number of fused-ring (bicyclic) bond motifs is 1. The Balaban J connectivity index is 0.000000605. The lowest BCUT2D eigenvalue weighted by Gasteiger charge is -2.27. The van der Waals surface area contributed by atoms with Crippen LogP contribution < -0.4 is 5.32 Å². The van der Waals surface area contributed by atoms with E-state index in [1.807, 2.05) is 0 Å². The van der Waals surface area contributed by atoms with Crippen LogP contribution in [0, 0.1) is 11.8 Å². The van der Waals surface area contributed by atoms with E-state index in [9.17, 15) is 5.11 Å². The van der Waals surface area contributed by atoms with Crippen molar-refractivity contribution in [3.8, 4) is 0 Å².